The van der Waals surface area contributed by atoms with Gasteiger partial charge in [0.05, 0.1) is 16.2 Å². The monoisotopic (exact) mass is 434 g/mol. The van der Waals surface area contributed by atoms with Crippen molar-refractivity contribution in [1.29, 1.82) is 0 Å². The van der Waals surface area contributed by atoms with E-state index in [0.717, 1.165) is 23.4 Å². The van der Waals surface area contributed by atoms with Gasteiger partial charge in [-0.25, -0.2) is 0 Å². The molecule has 2 aromatic rings. The average molecular weight is 434 g/mol. The van der Waals surface area contributed by atoms with Gasteiger partial charge in [0.1, 0.15) is 0 Å². The Morgan fingerprint density at radius 1 is 1.07 bits per heavy atom. The van der Waals surface area contributed by atoms with Gasteiger partial charge in [0, 0.05) is 24.3 Å². The summed E-state index contributed by atoms with van der Waals surface area (Å²) in [6.07, 6.45) is -3.35. The van der Waals surface area contributed by atoms with Gasteiger partial charge in [-0.3, -0.25) is 14.5 Å². The smallest absolute Gasteiger partial charge is 0.338 e. The number of thioether (sulfide) groups is 1. The molecule has 8 heteroatoms. The molecule has 2 aliphatic heterocycles. The minimum Gasteiger partial charge on any atom is -0.338 e. The molecule has 158 valence electrons. The Labute approximate surface area is 177 Å². The number of benzene rings is 2. The number of alkyl halides is 3. The van der Waals surface area contributed by atoms with Gasteiger partial charge in [-0.05, 0) is 55.7 Å². The molecule has 2 amide bonds. The highest BCUT2D eigenvalue weighted by atomic mass is 32.2. The lowest BCUT2D eigenvalue weighted by molar-refractivity contribution is -0.137. The zero-order valence-electron chi connectivity index (χ0n) is 16.4. The highest BCUT2D eigenvalue weighted by molar-refractivity contribution is 8.02. The molecule has 0 N–H and O–H groups in total. The number of hydrogen-bond acceptors (Lipinski definition) is 3. The van der Waals surface area contributed by atoms with Gasteiger partial charge in [-0.15, -0.1) is 11.8 Å². The van der Waals surface area contributed by atoms with Crippen LogP contribution in [-0.2, 0) is 11.0 Å². The summed E-state index contributed by atoms with van der Waals surface area (Å²) in [7, 11) is 0. The van der Waals surface area contributed by atoms with Gasteiger partial charge in [-0.1, -0.05) is 18.2 Å². The molecule has 2 saturated heterocycles. The van der Waals surface area contributed by atoms with Gasteiger partial charge in [-0.2, -0.15) is 13.2 Å². The van der Waals surface area contributed by atoms with Crippen LogP contribution in [0.15, 0.2) is 48.5 Å². The van der Waals surface area contributed by atoms with Crippen molar-refractivity contribution < 1.29 is 22.8 Å². The zero-order chi connectivity index (χ0) is 21.5. The second kappa shape index (κ2) is 7.65. The quantitative estimate of drug-likeness (QED) is 0.687. The summed E-state index contributed by atoms with van der Waals surface area (Å²) in [5.41, 5.74) is 1.11. The van der Waals surface area contributed by atoms with Crippen molar-refractivity contribution >= 4 is 29.3 Å². The molecule has 0 aromatic heterocycles. The summed E-state index contributed by atoms with van der Waals surface area (Å²) in [5.74, 6) is 0.0193. The van der Waals surface area contributed by atoms with Gasteiger partial charge < -0.3 is 4.90 Å². The number of rotatable bonds is 2. The maximum atomic E-state index is 13.0. The highest BCUT2D eigenvalue weighted by Gasteiger charge is 2.49. The fourth-order valence-corrected chi connectivity index (χ4v) is 5.47. The van der Waals surface area contributed by atoms with Gasteiger partial charge in [0.2, 0.25) is 5.91 Å². The predicted octanol–water partition coefficient (Wildman–Crippen LogP) is 4.73. The zero-order valence-corrected chi connectivity index (χ0v) is 17.2. The lowest BCUT2D eigenvalue weighted by Gasteiger charge is -2.44. The predicted molar refractivity (Wildman–Crippen MR) is 110 cm³/mol. The number of halogens is 3. The van der Waals surface area contributed by atoms with E-state index in [2.05, 4.69) is 0 Å². The topological polar surface area (TPSA) is 40.6 Å². The van der Waals surface area contributed by atoms with E-state index in [1.54, 1.807) is 16.7 Å². The van der Waals surface area contributed by atoms with Crippen molar-refractivity contribution in [2.45, 2.75) is 30.8 Å². The van der Waals surface area contributed by atoms with Crippen LogP contribution < -0.4 is 4.90 Å². The number of carbonyl (C=O) groups excluding carboxylic acids is 2. The maximum absolute atomic E-state index is 13.0. The fraction of sp³-hybridized carbons (Fsp3) is 0.364. The van der Waals surface area contributed by atoms with Crippen LogP contribution in [0.4, 0.5) is 18.9 Å². The van der Waals surface area contributed by atoms with Crippen molar-refractivity contribution in [2.75, 3.05) is 23.7 Å². The molecule has 2 aromatic carbocycles. The molecule has 30 heavy (non-hydrogen) atoms. The lowest BCUT2D eigenvalue weighted by atomic mass is 9.99. The first-order chi connectivity index (χ1) is 14.2. The Hall–Kier alpha value is -2.48. The number of amides is 2. The van der Waals surface area contributed by atoms with E-state index in [1.807, 2.05) is 36.1 Å². The maximum Gasteiger partial charge on any atom is 0.416 e. The van der Waals surface area contributed by atoms with Gasteiger partial charge in [0.25, 0.3) is 5.91 Å². The third-order valence-electron chi connectivity index (χ3n) is 5.65. The molecular weight excluding hydrogens is 413 g/mol. The normalized spacial score (nSPS) is 18.9. The number of carbonyl (C=O) groups is 2. The van der Waals surface area contributed by atoms with Crippen LogP contribution >= 0.6 is 11.8 Å². The number of hydrogen-bond donors (Lipinski definition) is 0. The first kappa shape index (κ1) is 20.8. The first-order valence-electron chi connectivity index (χ1n) is 9.70. The molecular formula is C22H21F3N2O2S. The molecule has 4 rings (SSSR count). The number of piperidine rings is 1. The van der Waals surface area contributed by atoms with E-state index >= 15 is 0 Å². The van der Waals surface area contributed by atoms with Crippen molar-refractivity contribution in [3.8, 4) is 0 Å². The molecule has 0 atom stereocenters. The van der Waals surface area contributed by atoms with Crippen LogP contribution in [0.5, 0.6) is 0 Å². The average Bonchev–Trinajstić information content (AvgIpc) is 3.03. The molecule has 0 saturated carbocycles. The van der Waals surface area contributed by atoms with E-state index in [4.69, 9.17) is 0 Å². The minimum absolute atomic E-state index is 0.0338. The summed E-state index contributed by atoms with van der Waals surface area (Å²) in [6, 6.07) is 12.3. The summed E-state index contributed by atoms with van der Waals surface area (Å²) in [6.45, 7) is 2.75. The van der Waals surface area contributed by atoms with Crippen molar-refractivity contribution in [1.82, 2.24) is 4.90 Å². The molecule has 2 fully saturated rings. The lowest BCUT2D eigenvalue weighted by Crippen LogP contribution is -2.53. The Kier molecular flexibility index (Phi) is 5.30. The Bertz CT molecular complexity index is 984. The number of likely N-dealkylation sites (tertiary alicyclic amines) is 1. The molecule has 4 nitrogen and oxygen atoms in total. The van der Waals surface area contributed by atoms with Crippen LogP contribution in [-0.4, -0.2) is 40.4 Å². The minimum atomic E-state index is -4.49. The summed E-state index contributed by atoms with van der Waals surface area (Å²) >= 11 is 1.59. The van der Waals surface area contributed by atoms with Crippen molar-refractivity contribution in [3.05, 3.63) is 65.2 Å². The van der Waals surface area contributed by atoms with Crippen LogP contribution in [0, 0.1) is 6.92 Å². The van der Waals surface area contributed by atoms with Crippen LogP contribution in [0.3, 0.4) is 0 Å². The Balaban J connectivity index is 1.52. The van der Waals surface area contributed by atoms with E-state index in [9.17, 15) is 22.8 Å². The van der Waals surface area contributed by atoms with Crippen LogP contribution in [0.1, 0.15) is 34.3 Å². The summed E-state index contributed by atoms with van der Waals surface area (Å²) in [5, 5.41) is 0. The SMILES string of the molecule is Cc1cccc(N2C(=O)CSC23CCN(C(=O)c2cccc(C(F)(F)F)c2)CC3)c1. The van der Waals surface area contributed by atoms with Crippen LogP contribution in [0.25, 0.3) is 0 Å². The fourth-order valence-electron chi connectivity index (χ4n) is 4.14. The van der Waals surface area contributed by atoms with Crippen LogP contribution in [0.2, 0.25) is 0 Å². The molecule has 0 bridgehead atoms. The molecule has 0 unspecified atom stereocenters. The van der Waals surface area contributed by atoms with E-state index in [1.165, 1.54) is 12.1 Å². The molecule has 2 aliphatic rings. The van der Waals surface area contributed by atoms with Crippen molar-refractivity contribution in [2.24, 2.45) is 0 Å². The van der Waals surface area contributed by atoms with Gasteiger partial charge in [0.15, 0.2) is 0 Å². The molecule has 0 radical (unpaired) electrons. The molecule has 2 heterocycles. The van der Waals surface area contributed by atoms with E-state index in [0.29, 0.717) is 31.7 Å². The van der Waals surface area contributed by atoms with E-state index < -0.39 is 22.5 Å². The second-order valence-corrected chi connectivity index (χ2v) is 9.01. The van der Waals surface area contributed by atoms with Crippen molar-refractivity contribution in [3.63, 3.8) is 0 Å². The Morgan fingerprint density at radius 3 is 2.43 bits per heavy atom. The highest BCUT2D eigenvalue weighted by Crippen LogP contribution is 2.47. The summed E-state index contributed by atoms with van der Waals surface area (Å²) < 4.78 is 38.9. The number of anilines is 1. The summed E-state index contributed by atoms with van der Waals surface area (Å²) in [4.78, 5) is 28.5. The first-order valence-corrected chi connectivity index (χ1v) is 10.7. The van der Waals surface area contributed by atoms with E-state index in [-0.39, 0.29) is 11.5 Å². The number of aryl methyl sites for hydroxylation is 1. The third-order valence-corrected chi connectivity index (χ3v) is 7.17. The van der Waals surface area contributed by atoms with Gasteiger partial charge >= 0.3 is 6.18 Å². The second-order valence-electron chi connectivity index (χ2n) is 7.67. The third kappa shape index (κ3) is 3.80. The molecule has 0 aliphatic carbocycles. The standard InChI is InChI=1S/C22H21F3N2O2S/c1-15-4-2-7-18(12-15)27-19(28)14-30-21(27)8-10-26(11-9-21)20(29)16-5-3-6-17(13-16)22(23,24)25/h2-7,12-13H,8-11,14H2,1H3. The Morgan fingerprint density at radius 2 is 1.77 bits per heavy atom. The molecule has 1 spiro atoms. The number of nitrogens with zero attached hydrogens (tertiary/aromatic N) is 2. The largest absolute Gasteiger partial charge is 0.416 e.